The zero-order valence-corrected chi connectivity index (χ0v) is 11.6. The van der Waals surface area contributed by atoms with Gasteiger partial charge < -0.3 is 4.74 Å². The van der Waals surface area contributed by atoms with Crippen molar-refractivity contribution in [2.75, 3.05) is 19.4 Å². The first-order chi connectivity index (χ1) is 8.56. The number of nitrogens with zero attached hydrogens (tertiary/aromatic N) is 1. The smallest absolute Gasteiger partial charge is 0.416 e. The number of methoxy groups -OCH3 is 1. The number of hydrogen-bond acceptors (Lipinski definition) is 5. The summed E-state index contributed by atoms with van der Waals surface area (Å²) in [7, 11) is 1.27. The molecule has 102 valence electrons. The first kappa shape index (κ1) is 15.0. The van der Waals surface area contributed by atoms with Crippen molar-refractivity contribution in [3.8, 4) is 0 Å². The van der Waals surface area contributed by atoms with Crippen LogP contribution < -0.4 is 0 Å². The third kappa shape index (κ3) is 4.33. The Morgan fingerprint density at radius 3 is 2.72 bits per heavy atom. The van der Waals surface area contributed by atoms with Gasteiger partial charge in [-0.15, -0.1) is 0 Å². The van der Waals surface area contributed by atoms with Crippen molar-refractivity contribution in [1.29, 1.82) is 0 Å². The average Bonchev–Trinajstić information content (AvgIpc) is 2.32. The minimum Gasteiger partial charge on any atom is -0.452 e. The van der Waals surface area contributed by atoms with Crippen LogP contribution in [0.3, 0.4) is 0 Å². The number of likely N-dealkylation sites (tertiary alicyclic amines) is 1. The fraction of sp³-hybridized carbons (Fsp3) is 0.750. The van der Waals surface area contributed by atoms with Crippen LogP contribution in [0.5, 0.6) is 0 Å². The zero-order chi connectivity index (χ0) is 13.5. The molecule has 1 rings (SSSR count). The van der Waals surface area contributed by atoms with Crippen LogP contribution in [0, 0.1) is 5.92 Å². The van der Waals surface area contributed by atoms with Gasteiger partial charge in [-0.2, -0.15) is 0 Å². The SMILES string of the molecule is COC(=O)N1CCCCCC(CSC(C)=O)C1=O. The number of ether oxygens (including phenoxy) is 1. The summed E-state index contributed by atoms with van der Waals surface area (Å²) in [6, 6.07) is 0. The van der Waals surface area contributed by atoms with E-state index in [2.05, 4.69) is 4.74 Å². The topological polar surface area (TPSA) is 63.7 Å². The predicted octanol–water partition coefficient (Wildman–Crippen LogP) is 2.05. The van der Waals surface area contributed by atoms with Crippen molar-refractivity contribution in [2.45, 2.75) is 32.6 Å². The quantitative estimate of drug-likeness (QED) is 0.770. The summed E-state index contributed by atoms with van der Waals surface area (Å²) in [6.07, 6.45) is 2.89. The van der Waals surface area contributed by atoms with E-state index in [1.54, 1.807) is 0 Å². The molecule has 1 heterocycles. The molecule has 1 unspecified atom stereocenters. The maximum atomic E-state index is 12.2. The molecule has 0 saturated carbocycles. The van der Waals surface area contributed by atoms with Crippen LogP contribution in [0.4, 0.5) is 4.79 Å². The third-order valence-electron chi connectivity index (χ3n) is 2.93. The van der Waals surface area contributed by atoms with Crippen molar-refractivity contribution in [1.82, 2.24) is 4.90 Å². The number of thioether (sulfide) groups is 1. The minimum atomic E-state index is -0.597. The summed E-state index contributed by atoms with van der Waals surface area (Å²) in [5.41, 5.74) is 0. The molecule has 6 heteroatoms. The van der Waals surface area contributed by atoms with Gasteiger partial charge >= 0.3 is 6.09 Å². The first-order valence-electron chi connectivity index (χ1n) is 6.09. The molecule has 1 atom stereocenters. The predicted molar refractivity (Wildman–Crippen MR) is 69.2 cm³/mol. The van der Waals surface area contributed by atoms with Crippen LogP contribution in [-0.4, -0.2) is 41.4 Å². The number of carbonyl (C=O) groups excluding carboxylic acids is 3. The summed E-state index contributed by atoms with van der Waals surface area (Å²) < 4.78 is 4.62. The number of rotatable bonds is 2. The lowest BCUT2D eigenvalue weighted by Gasteiger charge is -2.26. The van der Waals surface area contributed by atoms with Gasteiger partial charge in [-0.3, -0.25) is 9.59 Å². The van der Waals surface area contributed by atoms with E-state index in [-0.39, 0.29) is 16.9 Å². The second-order valence-electron chi connectivity index (χ2n) is 4.31. The maximum absolute atomic E-state index is 12.2. The number of carbonyl (C=O) groups is 3. The molecule has 0 radical (unpaired) electrons. The van der Waals surface area contributed by atoms with E-state index in [0.717, 1.165) is 37.4 Å². The van der Waals surface area contributed by atoms with Gasteiger partial charge in [-0.05, 0) is 12.8 Å². The van der Waals surface area contributed by atoms with Crippen LogP contribution in [0.25, 0.3) is 0 Å². The normalized spacial score (nSPS) is 21.1. The summed E-state index contributed by atoms with van der Waals surface area (Å²) in [6.45, 7) is 1.89. The Morgan fingerprint density at radius 2 is 2.11 bits per heavy atom. The highest BCUT2D eigenvalue weighted by Gasteiger charge is 2.30. The molecular weight excluding hydrogens is 254 g/mol. The lowest BCUT2D eigenvalue weighted by Crippen LogP contribution is -2.43. The Bertz CT molecular complexity index is 332. The fourth-order valence-corrected chi connectivity index (χ4v) is 2.70. The summed E-state index contributed by atoms with van der Waals surface area (Å²) in [4.78, 5) is 35.9. The number of imide groups is 1. The molecule has 1 aliphatic rings. The van der Waals surface area contributed by atoms with Gasteiger partial charge in [0.2, 0.25) is 5.91 Å². The van der Waals surface area contributed by atoms with E-state index in [1.165, 1.54) is 18.9 Å². The monoisotopic (exact) mass is 273 g/mol. The van der Waals surface area contributed by atoms with E-state index in [4.69, 9.17) is 0 Å². The van der Waals surface area contributed by atoms with E-state index < -0.39 is 6.09 Å². The molecule has 1 saturated heterocycles. The standard InChI is InChI=1S/C12H19NO4S/c1-9(14)18-8-10-6-4-3-5-7-13(11(10)15)12(16)17-2/h10H,3-8H2,1-2H3. The van der Waals surface area contributed by atoms with E-state index in [1.807, 2.05) is 0 Å². The number of amides is 2. The van der Waals surface area contributed by atoms with Crippen LogP contribution in [0.1, 0.15) is 32.6 Å². The lowest BCUT2D eigenvalue weighted by molar-refractivity contribution is -0.133. The van der Waals surface area contributed by atoms with Crippen molar-refractivity contribution >= 4 is 28.9 Å². The highest BCUT2D eigenvalue weighted by atomic mass is 32.2. The fourth-order valence-electron chi connectivity index (χ4n) is 1.96. The number of hydrogen-bond donors (Lipinski definition) is 0. The van der Waals surface area contributed by atoms with Crippen LogP contribution in [0.2, 0.25) is 0 Å². The Kier molecular flexibility index (Phi) is 6.18. The van der Waals surface area contributed by atoms with Crippen LogP contribution in [-0.2, 0) is 14.3 Å². The Hall–Kier alpha value is -1.04. The third-order valence-corrected chi connectivity index (χ3v) is 3.91. The van der Waals surface area contributed by atoms with Crippen LogP contribution in [0.15, 0.2) is 0 Å². The molecular formula is C12H19NO4S. The van der Waals surface area contributed by atoms with Gasteiger partial charge in [0.15, 0.2) is 5.12 Å². The Morgan fingerprint density at radius 1 is 1.39 bits per heavy atom. The molecule has 2 amide bonds. The van der Waals surface area contributed by atoms with Crippen LogP contribution >= 0.6 is 11.8 Å². The van der Waals surface area contributed by atoms with Gasteiger partial charge in [0.05, 0.1) is 7.11 Å². The van der Waals surface area contributed by atoms with Gasteiger partial charge in [0.25, 0.3) is 0 Å². The van der Waals surface area contributed by atoms with Gasteiger partial charge in [0, 0.05) is 25.1 Å². The largest absolute Gasteiger partial charge is 0.452 e. The second-order valence-corrected chi connectivity index (χ2v) is 5.51. The summed E-state index contributed by atoms with van der Waals surface area (Å²) in [5.74, 6) is -0.0321. The summed E-state index contributed by atoms with van der Waals surface area (Å²) in [5, 5.41) is -0.00511. The minimum absolute atomic E-state index is 0.00511. The zero-order valence-electron chi connectivity index (χ0n) is 10.8. The molecule has 18 heavy (non-hydrogen) atoms. The van der Waals surface area contributed by atoms with Gasteiger partial charge in [0.1, 0.15) is 0 Å². The molecule has 0 spiro atoms. The van der Waals surface area contributed by atoms with Crippen molar-refractivity contribution in [2.24, 2.45) is 5.92 Å². The molecule has 0 aromatic carbocycles. The lowest BCUT2D eigenvalue weighted by atomic mass is 9.99. The molecule has 0 bridgehead atoms. The first-order valence-corrected chi connectivity index (χ1v) is 7.07. The van der Waals surface area contributed by atoms with Crippen molar-refractivity contribution in [3.63, 3.8) is 0 Å². The van der Waals surface area contributed by atoms with Crippen molar-refractivity contribution in [3.05, 3.63) is 0 Å². The Balaban J connectivity index is 2.70. The molecule has 0 N–H and O–H groups in total. The molecule has 0 aromatic rings. The second kappa shape index (κ2) is 7.41. The van der Waals surface area contributed by atoms with E-state index in [0.29, 0.717) is 12.3 Å². The Labute approximate surface area is 111 Å². The van der Waals surface area contributed by atoms with Gasteiger partial charge in [-0.1, -0.05) is 24.6 Å². The molecule has 1 aliphatic heterocycles. The maximum Gasteiger partial charge on any atom is 0.416 e. The highest BCUT2D eigenvalue weighted by Crippen LogP contribution is 2.22. The highest BCUT2D eigenvalue weighted by molar-refractivity contribution is 8.13. The summed E-state index contributed by atoms with van der Waals surface area (Å²) >= 11 is 1.14. The molecule has 0 aromatic heterocycles. The van der Waals surface area contributed by atoms with Crippen molar-refractivity contribution < 1.29 is 19.1 Å². The van der Waals surface area contributed by atoms with E-state index in [9.17, 15) is 14.4 Å². The van der Waals surface area contributed by atoms with E-state index >= 15 is 0 Å². The van der Waals surface area contributed by atoms with Gasteiger partial charge in [-0.25, -0.2) is 9.69 Å². The molecule has 5 nitrogen and oxygen atoms in total. The molecule has 0 aliphatic carbocycles. The average molecular weight is 273 g/mol. The molecule has 1 fully saturated rings.